The van der Waals surface area contributed by atoms with Crippen LogP contribution in [0.25, 0.3) is 0 Å². The number of hydrogen-bond donors (Lipinski definition) is 0. The number of halogens is 4. The number of imide groups is 1. The lowest BCUT2D eigenvalue weighted by molar-refractivity contribution is -0.138. The van der Waals surface area contributed by atoms with Crippen LogP contribution in [0.4, 0.5) is 28.4 Å². The molecule has 1 aromatic rings. The van der Waals surface area contributed by atoms with Gasteiger partial charge in [-0.15, -0.1) is 0 Å². The van der Waals surface area contributed by atoms with Crippen molar-refractivity contribution in [3.8, 4) is 0 Å². The monoisotopic (exact) mass is 456 g/mol. The normalized spacial score (nSPS) is 11.6. The average molecular weight is 457 g/mol. The summed E-state index contributed by atoms with van der Waals surface area (Å²) < 4.78 is 52.9. The molecule has 1 rings (SSSR count). The molecule has 0 aliphatic rings. The Balaban J connectivity index is 3.74. The Labute approximate surface area is 160 Å². The molecule has 0 bridgehead atoms. The Bertz CT molecular complexity index is 761. The van der Waals surface area contributed by atoms with Gasteiger partial charge < -0.3 is 14.2 Å². The highest BCUT2D eigenvalue weighted by Gasteiger charge is 2.39. The largest absolute Gasteiger partial charge is 0.464 e. The van der Waals surface area contributed by atoms with Crippen LogP contribution in [0.15, 0.2) is 10.7 Å². The maximum atomic E-state index is 13.2. The predicted molar refractivity (Wildman–Crippen MR) is 89.4 cm³/mol. The maximum absolute atomic E-state index is 13.2. The van der Waals surface area contributed by atoms with E-state index in [4.69, 9.17) is 4.74 Å². The van der Waals surface area contributed by atoms with Crippen molar-refractivity contribution < 1.29 is 41.8 Å². The summed E-state index contributed by atoms with van der Waals surface area (Å²) in [6.07, 6.45) is -7.64. The number of pyridine rings is 1. The number of carbonyl (C=O) groups is 3. The second kappa shape index (κ2) is 8.11. The molecule has 8 nitrogen and oxygen atoms in total. The topological polar surface area (TPSA) is 95.0 Å². The van der Waals surface area contributed by atoms with E-state index >= 15 is 0 Å². The molecule has 0 aromatic carbocycles. The number of rotatable bonds is 2. The van der Waals surface area contributed by atoms with Gasteiger partial charge in [0, 0.05) is 0 Å². The second-order valence-corrected chi connectivity index (χ2v) is 6.72. The molecule has 0 aliphatic carbocycles. The Hall–Kier alpha value is -2.37. The van der Waals surface area contributed by atoms with Gasteiger partial charge in [-0.05, 0) is 42.8 Å². The summed E-state index contributed by atoms with van der Waals surface area (Å²) in [5.41, 5.74) is -3.96. The van der Waals surface area contributed by atoms with E-state index in [0.29, 0.717) is 6.07 Å². The van der Waals surface area contributed by atoms with Crippen molar-refractivity contribution >= 4 is 39.8 Å². The first kappa shape index (κ1) is 22.7. The van der Waals surface area contributed by atoms with Crippen LogP contribution in [0.5, 0.6) is 0 Å². The minimum Gasteiger partial charge on any atom is -0.464 e. The summed E-state index contributed by atoms with van der Waals surface area (Å²) >= 11 is 2.61. The number of nitrogens with zero attached hydrogens (tertiary/aromatic N) is 2. The Morgan fingerprint density at radius 3 is 2.04 bits per heavy atom. The average Bonchev–Trinajstić information content (AvgIpc) is 2.52. The third kappa shape index (κ3) is 5.55. The van der Waals surface area contributed by atoms with Crippen LogP contribution in [-0.2, 0) is 20.4 Å². The first-order valence-corrected chi connectivity index (χ1v) is 7.99. The fraction of sp³-hybridized carbons (Fsp3) is 0.467. The van der Waals surface area contributed by atoms with E-state index in [1.54, 1.807) is 0 Å². The van der Waals surface area contributed by atoms with Crippen LogP contribution in [0, 0.1) is 0 Å². The standard InChI is InChI=1S/C15H16BrF3N2O6/c1-14(2,3)27-13(24)21(12(23)26-5)8-6-7(15(17,18)19)10(16)20-9(8)11(22)25-4/h6H,1-5H3. The minimum absolute atomic E-state index is 0.131. The van der Waals surface area contributed by atoms with E-state index in [2.05, 4.69) is 30.4 Å². The van der Waals surface area contributed by atoms with E-state index in [1.165, 1.54) is 20.8 Å². The molecule has 0 N–H and O–H groups in total. The van der Waals surface area contributed by atoms with Crippen LogP contribution in [0.2, 0.25) is 0 Å². The van der Waals surface area contributed by atoms with Crippen LogP contribution in [0.1, 0.15) is 36.8 Å². The van der Waals surface area contributed by atoms with E-state index in [1.807, 2.05) is 0 Å². The van der Waals surface area contributed by atoms with Crippen molar-refractivity contribution in [3.63, 3.8) is 0 Å². The van der Waals surface area contributed by atoms with Gasteiger partial charge in [-0.3, -0.25) is 0 Å². The van der Waals surface area contributed by atoms with Crippen LogP contribution in [0.3, 0.4) is 0 Å². The summed E-state index contributed by atoms with van der Waals surface area (Å²) in [7, 11) is 1.85. The fourth-order valence-corrected chi connectivity index (χ4v) is 2.28. The zero-order chi connectivity index (χ0) is 21.2. The Morgan fingerprint density at radius 1 is 1.07 bits per heavy atom. The Kier molecular flexibility index (Phi) is 6.81. The number of aromatic nitrogens is 1. The number of anilines is 1. The molecule has 0 radical (unpaired) electrons. The lowest BCUT2D eigenvalue weighted by atomic mass is 10.2. The first-order chi connectivity index (χ1) is 12.2. The van der Waals surface area contributed by atoms with Gasteiger partial charge in [-0.1, -0.05) is 0 Å². The van der Waals surface area contributed by atoms with E-state index < -0.39 is 51.5 Å². The van der Waals surface area contributed by atoms with Crippen LogP contribution in [-0.4, -0.2) is 43.0 Å². The molecule has 0 saturated carbocycles. The fourth-order valence-electron chi connectivity index (χ4n) is 1.77. The molecule has 0 spiro atoms. The highest BCUT2D eigenvalue weighted by Crippen LogP contribution is 2.38. The summed E-state index contributed by atoms with van der Waals surface area (Å²) in [5.74, 6) is -1.18. The van der Waals surface area contributed by atoms with Crippen molar-refractivity contribution in [1.82, 2.24) is 4.98 Å². The number of carbonyl (C=O) groups excluding carboxylic acids is 3. The van der Waals surface area contributed by atoms with Crippen molar-refractivity contribution in [2.45, 2.75) is 32.5 Å². The lowest BCUT2D eigenvalue weighted by Gasteiger charge is -2.26. The molecule has 12 heteroatoms. The van der Waals surface area contributed by atoms with Gasteiger partial charge in [-0.25, -0.2) is 19.4 Å². The minimum atomic E-state index is -4.90. The third-order valence-corrected chi connectivity index (χ3v) is 3.42. The van der Waals surface area contributed by atoms with Crippen molar-refractivity contribution in [3.05, 3.63) is 21.9 Å². The molecular formula is C15H16BrF3N2O6. The Morgan fingerprint density at radius 2 is 1.63 bits per heavy atom. The van der Waals surface area contributed by atoms with Gasteiger partial charge in [0.1, 0.15) is 10.2 Å². The molecule has 1 aromatic heterocycles. The van der Waals surface area contributed by atoms with Gasteiger partial charge in [0.05, 0.1) is 25.5 Å². The maximum Gasteiger partial charge on any atom is 0.424 e. The van der Waals surface area contributed by atoms with E-state index in [0.717, 1.165) is 14.2 Å². The molecule has 0 atom stereocenters. The number of methoxy groups -OCH3 is 2. The lowest BCUT2D eigenvalue weighted by Crippen LogP contribution is -2.42. The molecule has 2 amide bonds. The zero-order valence-corrected chi connectivity index (χ0v) is 16.5. The second-order valence-electron chi connectivity index (χ2n) is 5.97. The molecule has 150 valence electrons. The smallest absolute Gasteiger partial charge is 0.424 e. The molecule has 0 unspecified atom stereocenters. The van der Waals surface area contributed by atoms with Crippen molar-refractivity contribution in [2.24, 2.45) is 0 Å². The van der Waals surface area contributed by atoms with E-state index in [9.17, 15) is 27.6 Å². The van der Waals surface area contributed by atoms with E-state index in [-0.39, 0.29) is 4.90 Å². The van der Waals surface area contributed by atoms with Crippen molar-refractivity contribution in [2.75, 3.05) is 19.1 Å². The molecule has 0 aliphatic heterocycles. The molecule has 0 fully saturated rings. The highest BCUT2D eigenvalue weighted by atomic mass is 79.9. The number of amides is 2. The highest BCUT2D eigenvalue weighted by molar-refractivity contribution is 9.10. The number of esters is 1. The molecular weight excluding hydrogens is 441 g/mol. The molecule has 0 saturated heterocycles. The SMILES string of the molecule is COC(=O)c1nc(Br)c(C(F)(F)F)cc1N(C(=O)OC)C(=O)OC(C)(C)C. The molecule has 1 heterocycles. The predicted octanol–water partition coefficient (Wildman–Crippen LogP) is 4.16. The summed E-state index contributed by atoms with van der Waals surface area (Å²) in [5, 5.41) is 0. The molecule has 27 heavy (non-hydrogen) atoms. The van der Waals surface area contributed by atoms with Crippen molar-refractivity contribution in [1.29, 1.82) is 0 Å². The summed E-state index contributed by atoms with van der Waals surface area (Å²) in [6.45, 7) is 4.42. The number of hydrogen-bond acceptors (Lipinski definition) is 7. The van der Waals surface area contributed by atoms with Crippen LogP contribution < -0.4 is 4.90 Å². The third-order valence-electron chi connectivity index (χ3n) is 2.81. The van der Waals surface area contributed by atoms with Gasteiger partial charge >= 0.3 is 24.3 Å². The van der Waals surface area contributed by atoms with Gasteiger partial charge in [0.2, 0.25) is 0 Å². The van der Waals surface area contributed by atoms with Gasteiger partial charge in [0.15, 0.2) is 5.69 Å². The first-order valence-electron chi connectivity index (χ1n) is 7.20. The van der Waals surface area contributed by atoms with Crippen LogP contribution >= 0.6 is 15.9 Å². The summed E-state index contributed by atoms with van der Waals surface area (Å²) in [4.78, 5) is 40.1. The quantitative estimate of drug-likeness (QED) is 0.374. The summed E-state index contributed by atoms with van der Waals surface area (Å²) in [6, 6.07) is 0.393. The number of alkyl halides is 3. The van der Waals surface area contributed by atoms with Gasteiger partial charge in [0.25, 0.3) is 0 Å². The zero-order valence-electron chi connectivity index (χ0n) is 14.9. The van der Waals surface area contributed by atoms with Gasteiger partial charge in [-0.2, -0.15) is 18.1 Å². The number of ether oxygens (including phenoxy) is 3.